The van der Waals surface area contributed by atoms with Gasteiger partial charge in [0.1, 0.15) is 0 Å². The van der Waals surface area contributed by atoms with Crippen molar-refractivity contribution in [2.45, 2.75) is 52.2 Å². The van der Waals surface area contributed by atoms with Gasteiger partial charge in [-0.15, -0.1) is 0 Å². The van der Waals surface area contributed by atoms with Crippen LogP contribution >= 0.6 is 0 Å². The van der Waals surface area contributed by atoms with Gasteiger partial charge in [-0.2, -0.15) is 0 Å². The fourth-order valence-electron chi connectivity index (χ4n) is 4.63. The predicted octanol–water partition coefficient (Wildman–Crippen LogP) is 4.18. The van der Waals surface area contributed by atoms with Crippen molar-refractivity contribution in [3.63, 3.8) is 0 Å². The van der Waals surface area contributed by atoms with E-state index >= 15 is 0 Å². The Morgan fingerprint density at radius 3 is 2.48 bits per heavy atom. The highest BCUT2D eigenvalue weighted by atomic mass is 16.5. The van der Waals surface area contributed by atoms with Crippen molar-refractivity contribution < 1.29 is 4.74 Å². The van der Waals surface area contributed by atoms with Gasteiger partial charge in [0.15, 0.2) is 0 Å². The summed E-state index contributed by atoms with van der Waals surface area (Å²) in [5.41, 5.74) is 2.04. The van der Waals surface area contributed by atoms with Crippen LogP contribution in [0.5, 0.6) is 0 Å². The molecule has 4 unspecified atom stereocenters. The molecule has 0 spiro atoms. The summed E-state index contributed by atoms with van der Waals surface area (Å²) in [6.45, 7) is 8.22. The third-order valence-corrected chi connectivity index (χ3v) is 6.60. The lowest BCUT2D eigenvalue weighted by Gasteiger charge is -2.40. The lowest BCUT2D eigenvalue weighted by molar-refractivity contribution is -0.0868. The molecule has 3 rings (SSSR count). The standard InChI is InChI=1S/C19H29NO/c1-18(2)15-10-11-19(18,3)17(12-15)21-16(13-20-4)14-8-6-5-7-9-14/h5-9,15-17,20H,10-13H2,1-4H3. The van der Waals surface area contributed by atoms with E-state index in [-0.39, 0.29) is 6.10 Å². The average molecular weight is 287 g/mol. The van der Waals surface area contributed by atoms with Crippen LogP contribution in [0.1, 0.15) is 51.7 Å². The predicted molar refractivity (Wildman–Crippen MR) is 87.2 cm³/mol. The Hall–Kier alpha value is -0.860. The highest BCUT2D eigenvalue weighted by molar-refractivity contribution is 5.19. The third kappa shape index (κ3) is 2.33. The quantitative estimate of drug-likeness (QED) is 0.877. The van der Waals surface area contributed by atoms with Gasteiger partial charge in [-0.3, -0.25) is 0 Å². The van der Waals surface area contributed by atoms with Crippen LogP contribution in [0.4, 0.5) is 0 Å². The highest BCUT2D eigenvalue weighted by Gasteiger charge is 2.62. The molecule has 2 aliphatic carbocycles. The van der Waals surface area contributed by atoms with E-state index in [0.29, 0.717) is 16.9 Å². The molecule has 0 radical (unpaired) electrons. The first kappa shape index (κ1) is 15.1. The molecule has 2 fully saturated rings. The van der Waals surface area contributed by atoms with Crippen LogP contribution in [0.25, 0.3) is 0 Å². The minimum Gasteiger partial charge on any atom is -0.368 e. The average Bonchev–Trinajstić information content (AvgIpc) is 2.81. The largest absolute Gasteiger partial charge is 0.368 e. The van der Waals surface area contributed by atoms with Gasteiger partial charge in [-0.25, -0.2) is 0 Å². The van der Waals surface area contributed by atoms with E-state index in [4.69, 9.17) is 4.74 Å². The maximum absolute atomic E-state index is 6.65. The van der Waals surface area contributed by atoms with Gasteiger partial charge in [0.05, 0.1) is 12.2 Å². The Kier molecular flexibility index (Phi) is 3.87. The highest BCUT2D eigenvalue weighted by Crippen LogP contribution is 2.66. The van der Waals surface area contributed by atoms with Crippen molar-refractivity contribution in [1.82, 2.24) is 5.32 Å². The van der Waals surface area contributed by atoms with Gasteiger partial charge >= 0.3 is 0 Å². The summed E-state index contributed by atoms with van der Waals surface area (Å²) in [6, 6.07) is 10.6. The lowest BCUT2D eigenvalue weighted by atomic mass is 9.70. The van der Waals surface area contributed by atoms with Crippen LogP contribution in [0, 0.1) is 16.7 Å². The summed E-state index contributed by atoms with van der Waals surface area (Å²) in [5.74, 6) is 0.832. The first-order chi connectivity index (χ1) is 9.99. The smallest absolute Gasteiger partial charge is 0.0953 e. The Morgan fingerprint density at radius 2 is 1.95 bits per heavy atom. The van der Waals surface area contributed by atoms with E-state index in [1.165, 1.54) is 24.8 Å². The van der Waals surface area contributed by atoms with Crippen molar-refractivity contribution in [1.29, 1.82) is 0 Å². The van der Waals surface area contributed by atoms with Crippen molar-refractivity contribution >= 4 is 0 Å². The van der Waals surface area contributed by atoms with Crippen molar-refractivity contribution in [2.24, 2.45) is 16.7 Å². The number of likely N-dealkylation sites (N-methyl/N-ethyl adjacent to an activating group) is 1. The van der Waals surface area contributed by atoms with Crippen LogP contribution in [-0.4, -0.2) is 19.7 Å². The molecule has 0 heterocycles. The van der Waals surface area contributed by atoms with Gasteiger partial charge in [-0.05, 0) is 48.6 Å². The van der Waals surface area contributed by atoms with E-state index in [2.05, 4.69) is 56.4 Å². The second kappa shape index (κ2) is 5.40. The van der Waals surface area contributed by atoms with Crippen LogP contribution in [0.3, 0.4) is 0 Å². The second-order valence-corrected chi connectivity index (χ2v) is 7.69. The van der Waals surface area contributed by atoms with Crippen LogP contribution in [-0.2, 0) is 4.74 Å². The first-order valence-corrected chi connectivity index (χ1v) is 8.34. The summed E-state index contributed by atoms with van der Waals surface area (Å²) in [5, 5.41) is 3.29. The number of rotatable bonds is 5. The minimum absolute atomic E-state index is 0.160. The van der Waals surface area contributed by atoms with E-state index < -0.39 is 0 Å². The fourth-order valence-corrected chi connectivity index (χ4v) is 4.63. The number of hydrogen-bond acceptors (Lipinski definition) is 2. The Morgan fingerprint density at radius 1 is 1.24 bits per heavy atom. The van der Waals surface area contributed by atoms with Crippen LogP contribution in [0.15, 0.2) is 30.3 Å². The molecule has 2 heteroatoms. The summed E-state index contributed by atoms with van der Waals surface area (Å²) < 4.78 is 6.65. The third-order valence-electron chi connectivity index (χ3n) is 6.60. The topological polar surface area (TPSA) is 21.3 Å². The van der Waals surface area contributed by atoms with Gasteiger partial charge in [0, 0.05) is 6.54 Å². The number of hydrogen-bond donors (Lipinski definition) is 1. The molecule has 2 bridgehead atoms. The molecule has 0 amide bonds. The number of nitrogens with one attached hydrogen (secondary N) is 1. The Bertz CT molecular complexity index is 484. The summed E-state index contributed by atoms with van der Waals surface area (Å²) >= 11 is 0. The normalized spacial score (nSPS) is 35.0. The van der Waals surface area contributed by atoms with Crippen molar-refractivity contribution in [2.75, 3.05) is 13.6 Å². The monoisotopic (exact) mass is 287 g/mol. The summed E-state index contributed by atoms with van der Waals surface area (Å²) in [6.07, 6.45) is 4.48. The fraction of sp³-hybridized carbons (Fsp3) is 0.684. The molecular formula is C19H29NO. The molecule has 2 saturated carbocycles. The second-order valence-electron chi connectivity index (χ2n) is 7.69. The summed E-state index contributed by atoms with van der Waals surface area (Å²) in [7, 11) is 2.01. The van der Waals surface area contributed by atoms with E-state index in [9.17, 15) is 0 Å². The maximum Gasteiger partial charge on any atom is 0.0953 e. The molecule has 2 nitrogen and oxygen atoms in total. The Balaban J connectivity index is 1.79. The zero-order valence-electron chi connectivity index (χ0n) is 13.9. The Labute approximate surface area is 129 Å². The molecular weight excluding hydrogens is 258 g/mol. The van der Waals surface area contributed by atoms with Gasteiger partial charge in [0.25, 0.3) is 0 Å². The molecule has 4 atom stereocenters. The number of ether oxygens (including phenoxy) is 1. The van der Waals surface area contributed by atoms with Gasteiger partial charge in [0.2, 0.25) is 0 Å². The molecule has 116 valence electrons. The van der Waals surface area contributed by atoms with Gasteiger partial charge in [-0.1, -0.05) is 51.1 Å². The first-order valence-electron chi connectivity index (χ1n) is 8.34. The molecule has 2 aliphatic rings. The zero-order chi connectivity index (χ0) is 15.1. The maximum atomic E-state index is 6.65. The van der Waals surface area contributed by atoms with Crippen LogP contribution < -0.4 is 5.32 Å². The molecule has 1 N–H and O–H groups in total. The molecule has 0 aliphatic heterocycles. The molecule has 21 heavy (non-hydrogen) atoms. The van der Waals surface area contributed by atoms with E-state index in [1.54, 1.807) is 0 Å². The molecule has 1 aromatic rings. The van der Waals surface area contributed by atoms with Crippen molar-refractivity contribution in [3.8, 4) is 0 Å². The number of benzene rings is 1. The van der Waals surface area contributed by atoms with Gasteiger partial charge < -0.3 is 10.1 Å². The lowest BCUT2D eigenvalue weighted by Crippen LogP contribution is -2.39. The van der Waals surface area contributed by atoms with Crippen molar-refractivity contribution in [3.05, 3.63) is 35.9 Å². The zero-order valence-corrected chi connectivity index (χ0v) is 13.9. The SMILES string of the molecule is CNCC(OC1CC2CCC1(C)C2(C)C)c1ccccc1. The van der Waals surface area contributed by atoms with E-state index in [1.807, 2.05) is 7.05 Å². The molecule has 0 saturated heterocycles. The van der Waals surface area contributed by atoms with E-state index in [0.717, 1.165) is 12.5 Å². The van der Waals surface area contributed by atoms with Crippen LogP contribution in [0.2, 0.25) is 0 Å². The summed E-state index contributed by atoms with van der Waals surface area (Å²) in [4.78, 5) is 0. The number of fused-ring (bicyclic) bond motifs is 2. The molecule has 1 aromatic carbocycles. The minimum atomic E-state index is 0.160. The molecule has 0 aromatic heterocycles.